The van der Waals surface area contributed by atoms with Gasteiger partial charge in [0.05, 0.1) is 0 Å². The Hall–Kier alpha value is -1.39. The molecule has 0 radical (unpaired) electrons. The summed E-state index contributed by atoms with van der Waals surface area (Å²) in [5.74, 6) is -0.740. The smallest absolute Gasteiger partial charge is 0.203 e. The third-order valence-corrected chi connectivity index (χ3v) is 3.40. The van der Waals surface area contributed by atoms with Gasteiger partial charge in [-0.15, -0.1) is 0 Å². The molecule has 0 N–H and O–H groups in total. The fraction of sp³-hybridized carbons (Fsp3) is 0.133. The fourth-order valence-corrected chi connectivity index (χ4v) is 2.21. The van der Waals surface area contributed by atoms with Crippen LogP contribution in [0.1, 0.15) is 17.3 Å². The van der Waals surface area contributed by atoms with Gasteiger partial charge in [0.25, 0.3) is 0 Å². The molecule has 2 aromatic carbocycles. The molecular weight excluding hydrogens is 347 g/mol. The van der Waals surface area contributed by atoms with E-state index >= 15 is 0 Å². The highest BCUT2D eigenvalue weighted by Gasteiger charge is 2.18. The van der Waals surface area contributed by atoms with Crippen molar-refractivity contribution >= 4 is 33.3 Å². The summed E-state index contributed by atoms with van der Waals surface area (Å²) in [6, 6.07) is 11.0. The molecule has 0 aromatic heterocycles. The molecule has 2 rings (SSSR count). The molecular formula is C15H11BrClFO2. The van der Waals surface area contributed by atoms with E-state index in [9.17, 15) is 9.18 Å². The number of hydrogen-bond donors (Lipinski definition) is 0. The summed E-state index contributed by atoms with van der Waals surface area (Å²) >= 11 is 9.00. The average molecular weight is 358 g/mol. The van der Waals surface area contributed by atoms with E-state index < -0.39 is 11.9 Å². The second-order valence-electron chi connectivity index (χ2n) is 4.21. The average Bonchev–Trinajstić information content (AvgIpc) is 2.41. The van der Waals surface area contributed by atoms with Crippen molar-refractivity contribution in [2.45, 2.75) is 13.0 Å². The fourth-order valence-electron chi connectivity index (χ4n) is 1.69. The van der Waals surface area contributed by atoms with Gasteiger partial charge in [0, 0.05) is 15.1 Å². The topological polar surface area (TPSA) is 26.3 Å². The van der Waals surface area contributed by atoms with Crippen LogP contribution in [0.5, 0.6) is 5.75 Å². The molecule has 5 heteroatoms. The minimum atomic E-state index is -0.802. The molecule has 2 aromatic rings. The Kier molecular flexibility index (Phi) is 4.78. The van der Waals surface area contributed by atoms with Crippen molar-refractivity contribution in [3.8, 4) is 5.75 Å². The Morgan fingerprint density at radius 3 is 2.70 bits per heavy atom. The van der Waals surface area contributed by atoms with E-state index in [1.807, 2.05) is 0 Å². The molecule has 1 atom stereocenters. The summed E-state index contributed by atoms with van der Waals surface area (Å²) in [7, 11) is 0. The third kappa shape index (κ3) is 3.58. The van der Waals surface area contributed by atoms with Crippen LogP contribution in [0, 0.1) is 5.82 Å². The van der Waals surface area contributed by atoms with E-state index in [4.69, 9.17) is 16.3 Å². The predicted octanol–water partition coefficient (Wildman–Crippen LogP) is 4.89. The van der Waals surface area contributed by atoms with Gasteiger partial charge in [-0.05, 0) is 37.3 Å². The van der Waals surface area contributed by atoms with E-state index in [-0.39, 0.29) is 11.5 Å². The molecule has 0 amide bonds. The summed E-state index contributed by atoms with van der Waals surface area (Å²) in [5, 5.41) is 0.470. The number of carbonyl (C=O) groups is 1. The Morgan fingerprint density at radius 2 is 2.05 bits per heavy atom. The number of ether oxygens (including phenoxy) is 1. The highest BCUT2D eigenvalue weighted by Crippen LogP contribution is 2.23. The maximum absolute atomic E-state index is 13.7. The lowest BCUT2D eigenvalue weighted by molar-refractivity contribution is 0.0812. The Bertz CT molecular complexity index is 646. The van der Waals surface area contributed by atoms with Gasteiger partial charge >= 0.3 is 0 Å². The molecule has 0 spiro atoms. The molecule has 1 unspecified atom stereocenters. The normalized spacial score (nSPS) is 12.0. The SMILES string of the molecule is CC(Oc1ccc(Br)cc1F)C(=O)c1cccc(Cl)c1. The molecule has 2 nitrogen and oxygen atoms in total. The van der Waals surface area contributed by atoms with Crippen molar-refractivity contribution in [1.82, 2.24) is 0 Å². The van der Waals surface area contributed by atoms with Gasteiger partial charge in [-0.2, -0.15) is 0 Å². The van der Waals surface area contributed by atoms with E-state index in [1.165, 1.54) is 12.1 Å². The molecule has 104 valence electrons. The number of halogens is 3. The molecule has 0 bridgehead atoms. The standard InChI is InChI=1S/C15H11BrClFO2/c1-9(15(19)10-3-2-4-12(17)7-10)20-14-6-5-11(16)8-13(14)18/h2-9H,1H3. The van der Waals surface area contributed by atoms with E-state index in [0.717, 1.165) is 0 Å². The van der Waals surface area contributed by atoms with Crippen molar-refractivity contribution in [1.29, 1.82) is 0 Å². The molecule has 0 aliphatic heterocycles. The van der Waals surface area contributed by atoms with Crippen molar-refractivity contribution in [2.75, 3.05) is 0 Å². The molecule has 0 heterocycles. The summed E-state index contributed by atoms with van der Waals surface area (Å²) in [4.78, 5) is 12.2. The zero-order chi connectivity index (χ0) is 14.7. The number of carbonyl (C=O) groups excluding carboxylic acids is 1. The second kappa shape index (κ2) is 6.37. The van der Waals surface area contributed by atoms with Crippen LogP contribution in [0.2, 0.25) is 5.02 Å². The minimum Gasteiger partial charge on any atom is -0.479 e. The molecule has 20 heavy (non-hydrogen) atoms. The third-order valence-electron chi connectivity index (χ3n) is 2.68. The summed E-state index contributed by atoms with van der Waals surface area (Å²) in [6.45, 7) is 1.57. The summed E-state index contributed by atoms with van der Waals surface area (Å²) in [5.41, 5.74) is 0.433. The van der Waals surface area contributed by atoms with Crippen molar-refractivity contribution in [3.63, 3.8) is 0 Å². The molecule has 0 fully saturated rings. The minimum absolute atomic E-state index is 0.0380. The zero-order valence-electron chi connectivity index (χ0n) is 10.6. The lowest BCUT2D eigenvalue weighted by Crippen LogP contribution is -2.24. The van der Waals surface area contributed by atoms with Gasteiger partial charge in [0.2, 0.25) is 5.78 Å². The van der Waals surface area contributed by atoms with Crippen LogP contribution in [0.4, 0.5) is 4.39 Å². The summed E-state index contributed by atoms with van der Waals surface area (Å²) in [6.07, 6.45) is -0.802. The molecule has 0 saturated carbocycles. The van der Waals surface area contributed by atoms with Crippen LogP contribution in [-0.2, 0) is 0 Å². The monoisotopic (exact) mass is 356 g/mol. The first-order valence-corrected chi connectivity index (χ1v) is 7.06. The number of ketones is 1. The van der Waals surface area contributed by atoms with Crippen LogP contribution < -0.4 is 4.74 Å². The second-order valence-corrected chi connectivity index (χ2v) is 5.56. The van der Waals surface area contributed by atoms with Crippen molar-refractivity contribution in [2.24, 2.45) is 0 Å². The zero-order valence-corrected chi connectivity index (χ0v) is 12.9. The van der Waals surface area contributed by atoms with Crippen LogP contribution in [0.3, 0.4) is 0 Å². The Morgan fingerprint density at radius 1 is 1.30 bits per heavy atom. The molecule has 0 saturated heterocycles. The van der Waals surface area contributed by atoms with Crippen molar-refractivity contribution < 1.29 is 13.9 Å². The Balaban J connectivity index is 2.15. The number of Topliss-reactive ketones (excluding diaryl/α,β-unsaturated/α-hetero) is 1. The quantitative estimate of drug-likeness (QED) is 0.728. The Labute approximate surface area is 129 Å². The number of rotatable bonds is 4. The molecule has 0 aliphatic rings. The van der Waals surface area contributed by atoms with Gasteiger partial charge < -0.3 is 4.74 Å². The van der Waals surface area contributed by atoms with Gasteiger partial charge in [-0.3, -0.25) is 4.79 Å². The molecule has 0 aliphatic carbocycles. The summed E-state index contributed by atoms with van der Waals surface area (Å²) < 4.78 is 19.6. The first kappa shape index (κ1) is 15.0. The van der Waals surface area contributed by atoms with E-state index in [1.54, 1.807) is 37.3 Å². The van der Waals surface area contributed by atoms with Crippen LogP contribution >= 0.6 is 27.5 Å². The highest BCUT2D eigenvalue weighted by atomic mass is 79.9. The largest absolute Gasteiger partial charge is 0.479 e. The first-order valence-electron chi connectivity index (χ1n) is 5.89. The van der Waals surface area contributed by atoms with Gasteiger partial charge in [0.15, 0.2) is 17.7 Å². The van der Waals surface area contributed by atoms with E-state index in [2.05, 4.69) is 15.9 Å². The van der Waals surface area contributed by atoms with Crippen LogP contribution in [0.25, 0.3) is 0 Å². The number of benzene rings is 2. The lowest BCUT2D eigenvalue weighted by Gasteiger charge is -2.14. The van der Waals surface area contributed by atoms with Gasteiger partial charge in [-0.25, -0.2) is 4.39 Å². The van der Waals surface area contributed by atoms with Crippen molar-refractivity contribution in [3.05, 3.63) is 63.3 Å². The van der Waals surface area contributed by atoms with E-state index in [0.29, 0.717) is 15.1 Å². The maximum atomic E-state index is 13.7. The maximum Gasteiger partial charge on any atom is 0.203 e. The van der Waals surface area contributed by atoms with Crippen LogP contribution in [0.15, 0.2) is 46.9 Å². The highest BCUT2D eigenvalue weighted by molar-refractivity contribution is 9.10. The van der Waals surface area contributed by atoms with Gasteiger partial charge in [-0.1, -0.05) is 39.7 Å². The van der Waals surface area contributed by atoms with Gasteiger partial charge in [0.1, 0.15) is 0 Å². The van der Waals surface area contributed by atoms with Crippen LogP contribution in [-0.4, -0.2) is 11.9 Å². The predicted molar refractivity (Wildman–Crippen MR) is 80.0 cm³/mol. The number of hydrogen-bond acceptors (Lipinski definition) is 2. The first-order chi connectivity index (χ1) is 9.47. The lowest BCUT2D eigenvalue weighted by atomic mass is 10.1.